The predicted octanol–water partition coefficient (Wildman–Crippen LogP) is 4.61. The summed E-state index contributed by atoms with van der Waals surface area (Å²) in [5.74, 6) is -0.385. The van der Waals surface area contributed by atoms with Crippen LogP contribution in [-0.2, 0) is 10.2 Å². The van der Waals surface area contributed by atoms with Crippen molar-refractivity contribution in [3.05, 3.63) is 67.7 Å². The minimum absolute atomic E-state index is 0.0840. The molecule has 1 fully saturated rings. The van der Waals surface area contributed by atoms with E-state index in [4.69, 9.17) is 0 Å². The molecule has 2 aromatic carbocycles. The molecule has 0 saturated heterocycles. The molecule has 2 atom stereocenters. The van der Waals surface area contributed by atoms with E-state index in [0.717, 1.165) is 12.0 Å². The number of benzene rings is 2. The molecule has 2 aromatic rings. The van der Waals surface area contributed by atoms with Crippen LogP contribution in [0.1, 0.15) is 49.8 Å². The molecule has 0 aliphatic heterocycles. The topological polar surface area (TPSA) is 105 Å². The first-order chi connectivity index (χ1) is 13.6. The number of nitrogens with one attached hydrogen (secondary N) is 1. The van der Waals surface area contributed by atoms with Gasteiger partial charge in [-0.2, -0.15) is 5.10 Å². The van der Waals surface area contributed by atoms with Crippen molar-refractivity contribution in [3.8, 4) is 5.75 Å². The van der Waals surface area contributed by atoms with Gasteiger partial charge in [0, 0.05) is 23.6 Å². The highest BCUT2D eigenvalue weighted by Crippen LogP contribution is 2.47. The molecule has 0 unspecified atom stereocenters. The Morgan fingerprint density at radius 3 is 2.55 bits per heavy atom. The van der Waals surface area contributed by atoms with Crippen LogP contribution in [0.25, 0.3) is 0 Å². The standard InChI is InChI=1S/C21H22BrN3O4/c1-21(2,3)14-6-4-12(5-7-14)16-10-17(16)20(27)24-23-11-13-8-15(25(28)29)9-18(22)19(13)26/h4-9,11,16-17,26H,10H2,1-3H3,(H,24,27)/b23-11+/t16-,17-/m0/s1. The number of nitro groups is 1. The van der Waals surface area contributed by atoms with Crippen molar-refractivity contribution < 1.29 is 14.8 Å². The highest BCUT2D eigenvalue weighted by Gasteiger charge is 2.44. The lowest BCUT2D eigenvalue weighted by Gasteiger charge is -2.19. The van der Waals surface area contributed by atoms with Gasteiger partial charge < -0.3 is 5.11 Å². The highest BCUT2D eigenvalue weighted by atomic mass is 79.9. The Morgan fingerprint density at radius 1 is 1.31 bits per heavy atom. The SMILES string of the molecule is CC(C)(C)c1ccc([C@@H]2C[C@@H]2C(=O)N/N=C/c2cc([N+](=O)[O-])cc(Br)c2O)cc1. The maximum Gasteiger partial charge on any atom is 0.271 e. The zero-order valence-electron chi connectivity index (χ0n) is 16.3. The van der Waals surface area contributed by atoms with E-state index < -0.39 is 4.92 Å². The first kappa shape index (κ1) is 21.0. The highest BCUT2D eigenvalue weighted by molar-refractivity contribution is 9.10. The number of carbonyl (C=O) groups is 1. The van der Waals surface area contributed by atoms with Crippen molar-refractivity contribution in [3.63, 3.8) is 0 Å². The molecule has 3 rings (SSSR count). The molecule has 1 amide bonds. The quantitative estimate of drug-likeness (QED) is 0.386. The van der Waals surface area contributed by atoms with Crippen molar-refractivity contribution in [1.29, 1.82) is 0 Å². The van der Waals surface area contributed by atoms with Crippen molar-refractivity contribution >= 4 is 33.7 Å². The van der Waals surface area contributed by atoms with Crippen LogP contribution in [-0.4, -0.2) is 22.2 Å². The third kappa shape index (κ3) is 4.82. The number of phenols is 1. The lowest BCUT2D eigenvalue weighted by atomic mass is 9.86. The van der Waals surface area contributed by atoms with Gasteiger partial charge in [-0.25, -0.2) is 5.43 Å². The van der Waals surface area contributed by atoms with E-state index >= 15 is 0 Å². The average Bonchev–Trinajstić information content (AvgIpc) is 3.45. The minimum Gasteiger partial charge on any atom is -0.506 e. The second-order valence-corrected chi connectivity index (χ2v) is 9.03. The predicted molar refractivity (Wildman–Crippen MR) is 114 cm³/mol. The van der Waals surface area contributed by atoms with E-state index in [1.807, 2.05) is 0 Å². The normalized spacial score (nSPS) is 18.6. The molecule has 0 radical (unpaired) electrons. The summed E-state index contributed by atoms with van der Waals surface area (Å²) in [6.45, 7) is 6.47. The van der Waals surface area contributed by atoms with Crippen molar-refractivity contribution in [2.45, 2.75) is 38.5 Å². The number of nitrogens with zero attached hydrogens (tertiary/aromatic N) is 2. The molecule has 0 aromatic heterocycles. The van der Waals surface area contributed by atoms with Gasteiger partial charge in [-0.05, 0) is 44.8 Å². The molecule has 1 aliphatic rings. The smallest absolute Gasteiger partial charge is 0.271 e. The summed E-state index contributed by atoms with van der Waals surface area (Å²) in [5.41, 5.74) is 4.86. The van der Waals surface area contributed by atoms with E-state index in [1.54, 1.807) is 0 Å². The molecule has 2 N–H and O–H groups in total. The molecule has 29 heavy (non-hydrogen) atoms. The van der Waals surface area contributed by atoms with Gasteiger partial charge in [-0.15, -0.1) is 0 Å². The van der Waals surface area contributed by atoms with Crippen LogP contribution in [0.15, 0.2) is 46.0 Å². The molecule has 152 valence electrons. The molecule has 1 aliphatic carbocycles. The first-order valence-corrected chi connectivity index (χ1v) is 9.97. The minimum atomic E-state index is -0.570. The zero-order valence-corrected chi connectivity index (χ0v) is 17.9. The number of halogens is 1. The fourth-order valence-corrected chi connectivity index (χ4v) is 3.60. The number of non-ortho nitro benzene ring substituents is 1. The van der Waals surface area contributed by atoms with E-state index in [2.05, 4.69) is 71.5 Å². The maximum absolute atomic E-state index is 12.3. The number of rotatable bonds is 5. The largest absolute Gasteiger partial charge is 0.506 e. The summed E-state index contributed by atoms with van der Waals surface area (Å²) in [7, 11) is 0. The Labute approximate surface area is 177 Å². The Morgan fingerprint density at radius 2 is 1.97 bits per heavy atom. The fourth-order valence-electron chi connectivity index (χ4n) is 3.14. The number of hydrazone groups is 1. The second-order valence-electron chi connectivity index (χ2n) is 8.18. The van der Waals surface area contributed by atoms with E-state index in [1.165, 1.54) is 23.9 Å². The van der Waals surface area contributed by atoms with Gasteiger partial charge >= 0.3 is 0 Å². The molecular formula is C21H22BrN3O4. The summed E-state index contributed by atoms with van der Waals surface area (Å²) < 4.78 is 0.181. The number of phenolic OH excluding ortho intramolecular Hbond substituents is 1. The van der Waals surface area contributed by atoms with Crippen molar-refractivity contribution in [1.82, 2.24) is 5.43 Å². The molecule has 0 heterocycles. The number of carbonyl (C=O) groups excluding carboxylic acids is 1. The summed E-state index contributed by atoms with van der Waals surface area (Å²) in [6, 6.07) is 10.7. The number of amides is 1. The Hall–Kier alpha value is -2.74. The van der Waals surface area contributed by atoms with Gasteiger partial charge in [0.25, 0.3) is 5.69 Å². The van der Waals surface area contributed by atoms with Crippen molar-refractivity contribution in [2.75, 3.05) is 0 Å². The van der Waals surface area contributed by atoms with Gasteiger partial charge in [-0.3, -0.25) is 14.9 Å². The van der Waals surface area contributed by atoms with Gasteiger partial charge in [0.05, 0.1) is 15.6 Å². The maximum atomic E-state index is 12.3. The van der Waals surface area contributed by atoms with Gasteiger partial charge in [0.1, 0.15) is 5.75 Å². The zero-order chi connectivity index (χ0) is 21.3. The first-order valence-electron chi connectivity index (χ1n) is 9.18. The van der Waals surface area contributed by atoms with Crippen LogP contribution in [0.5, 0.6) is 5.75 Å². The van der Waals surface area contributed by atoms with E-state index in [0.29, 0.717) is 0 Å². The molecular weight excluding hydrogens is 438 g/mol. The number of aromatic hydroxyl groups is 1. The molecule has 7 nitrogen and oxygen atoms in total. The molecule has 1 saturated carbocycles. The molecule has 0 spiro atoms. The Kier molecular flexibility index (Phi) is 5.75. The van der Waals surface area contributed by atoms with Crippen LogP contribution < -0.4 is 5.43 Å². The van der Waals surface area contributed by atoms with Crippen LogP contribution >= 0.6 is 15.9 Å². The summed E-state index contributed by atoms with van der Waals surface area (Å²) in [5, 5.41) is 24.8. The van der Waals surface area contributed by atoms with Gasteiger partial charge in [0.2, 0.25) is 5.91 Å². The van der Waals surface area contributed by atoms with Crippen LogP contribution in [0, 0.1) is 16.0 Å². The Balaban J connectivity index is 1.62. The molecule has 8 heteroatoms. The monoisotopic (exact) mass is 459 g/mol. The third-order valence-electron chi connectivity index (χ3n) is 5.00. The number of hydrogen-bond acceptors (Lipinski definition) is 5. The summed E-state index contributed by atoms with van der Waals surface area (Å²) in [4.78, 5) is 22.7. The molecule has 0 bridgehead atoms. The second kappa shape index (κ2) is 7.94. The lowest BCUT2D eigenvalue weighted by molar-refractivity contribution is -0.385. The summed E-state index contributed by atoms with van der Waals surface area (Å²) >= 11 is 3.07. The van der Waals surface area contributed by atoms with Gasteiger partial charge in [-0.1, -0.05) is 45.0 Å². The van der Waals surface area contributed by atoms with Crippen LogP contribution in [0.4, 0.5) is 5.69 Å². The fraction of sp³-hybridized carbons (Fsp3) is 0.333. The van der Waals surface area contributed by atoms with Crippen molar-refractivity contribution in [2.24, 2.45) is 11.0 Å². The Bertz CT molecular complexity index is 981. The lowest BCUT2D eigenvalue weighted by Crippen LogP contribution is -2.20. The van der Waals surface area contributed by atoms with Crippen LogP contribution in [0.3, 0.4) is 0 Å². The average molecular weight is 460 g/mol. The number of nitro benzene ring substituents is 1. The third-order valence-corrected chi connectivity index (χ3v) is 5.60. The van der Waals surface area contributed by atoms with E-state index in [9.17, 15) is 20.0 Å². The summed E-state index contributed by atoms with van der Waals surface area (Å²) in [6.07, 6.45) is 1.95. The van der Waals surface area contributed by atoms with Gasteiger partial charge in [0.15, 0.2) is 0 Å². The number of hydrogen-bond donors (Lipinski definition) is 2. The van der Waals surface area contributed by atoms with E-state index in [-0.39, 0.29) is 44.6 Å². The van der Waals surface area contributed by atoms with Crippen LogP contribution in [0.2, 0.25) is 0 Å².